The van der Waals surface area contributed by atoms with Crippen molar-refractivity contribution in [3.05, 3.63) is 11.1 Å². The minimum Gasteiger partial charge on any atom is -0.0673 e. The summed E-state index contributed by atoms with van der Waals surface area (Å²) in [5, 5.41) is 0. The number of rotatable bonds is 3. The molecule has 0 heteroatoms. The Hall–Kier alpha value is -0.260. The van der Waals surface area contributed by atoms with E-state index in [9.17, 15) is 0 Å². The van der Waals surface area contributed by atoms with Gasteiger partial charge in [0.25, 0.3) is 0 Å². The first-order valence-corrected chi connectivity index (χ1v) is 6.93. The van der Waals surface area contributed by atoms with Crippen LogP contribution in [0.4, 0.5) is 0 Å². The van der Waals surface area contributed by atoms with Crippen molar-refractivity contribution < 1.29 is 0 Å². The van der Waals surface area contributed by atoms with E-state index in [0.29, 0.717) is 16.2 Å². The first-order chi connectivity index (χ1) is 7.25. The summed E-state index contributed by atoms with van der Waals surface area (Å²) in [6.45, 7) is 19.3. The van der Waals surface area contributed by atoms with Gasteiger partial charge in [0.1, 0.15) is 0 Å². The highest BCUT2D eigenvalue weighted by molar-refractivity contribution is 5.37. The topological polar surface area (TPSA) is 0 Å². The van der Waals surface area contributed by atoms with Gasteiger partial charge in [-0.05, 0) is 49.4 Å². The molecule has 0 fully saturated rings. The molecule has 1 rings (SSSR count). The quantitative estimate of drug-likeness (QED) is 0.546. The molecule has 0 radical (unpaired) electrons. The van der Waals surface area contributed by atoms with E-state index in [1.165, 1.54) is 19.3 Å². The van der Waals surface area contributed by atoms with Crippen LogP contribution in [0.25, 0.3) is 0 Å². The summed E-state index contributed by atoms with van der Waals surface area (Å²) in [7, 11) is 0. The van der Waals surface area contributed by atoms with Crippen molar-refractivity contribution >= 4 is 0 Å². The molecule has 0 aromatic carbocycles. The molecule has 94 valence electrons. The van der Waals surface area contributed by atoms with E-state index in [4.69, 9.17) is 0 Å². The summed E-state index contributed by atoms with van der Waals surface area (Å²) in [5.41, 5.74) is 4.51. The molecular weight excluding hydrogens is 192 g/mol. The lowest BCUT2D eigenvalue weighted by atomic mass is 9.53. The van der Waals surface area contributed by atoms with Crippen molar-refractivity contribution in [2.75, 3.05) is 0 Å². The molecule has 0 heterocycles. The van der Waals surface area contributed by atoms with Gasteiger partial charge < -0.3 is 0 Å². The van der Waals surface area contributed by atoms with Crippen LogP contribution in [0.3, 0.4) is 0 Å². The Bertz CT molecular complexity index is 302. The molecule has 0 amide bonds. The van der Waals surface area contributed by atoms with Crippen molar-refractivity contribution in [1.82, 2.24) is 0 Å². The van der Waals surface area contributed by atoms with E-state index in [0.717, 1.165) is 0 Å². The molecule has 1 aliphatic carbocycles. The molecule has 0 spiro atoms. The van der Waals surface area contributed by atoms with Crippen LogP contribution in [0.2, 0.25) is 0 Å². The smallest absolute Gasteiger partial charge is 0.00339 e. The van der Waals surface area contributed by atoms with Crippen molar-refractivity contribution in [3.8, 4) is 0 Å². The summed E-state index contributed by atoms with van der Waals surface area (Å²) < 4.78 is 0. The lowest BCUT2D eigenvalue weighted by Crippen LogP contribution is -2.43. The molecule has 0 saturated heterocycles. The second-order valence-corrected chi connectivity index (χ2v) is 6.35. The molecule has 0 aliphatic heterocycles. The van der Waals surface area contributed by atoms with Gasteiger partial charge in [-0.1, -0.05) is 52.7 Å². The van der Waals surface area contributed by atoms with E-state index in [2.05, 4.69) is 55.4 Å². The molecule has 0 nitrogen and oxygen atoms in total. The Morgan fingerprint density at radius 2 is 1.19 bits per heavy atom. The Morgan fingerprint density at radius 1 is 0.750 bits per heavy atom. The van der Waals surface area contributed by atoms with Crippen LogP contribution in [-0.4, -0.2) is 0 Å². The fourth-order valence-corrected chi connectivity index (χ4v) is 4.61. The van der Waals surface area contributed by atoms with Gasteiger partial charge in [-0.3, -0.25) is 0 Å². The maximum absolute atomic E-state index is 2.49. The standard InChI is InChI=1S/C16H30/c1-9-15(8)12(4)13(5)16(10-2,11-3)14(15,6)7/h9-11H2,1-8H3. The minimum atomic E-state index is 0.378. The van der Waals surface area contributed by atoms with Crippen molar-refractivity contribution in [1.29, 1.82) is 0 Å². The van der Waals surface area contributed by atoms with E-state index >= 15 is 0 Å². The van der Waals surface area contributed by atoms with Crippen LogP contribution in [0.5, 0.6) is 0 Å². The second kappa shape index (κ2) is 3.89. The summed E-state index contributed by atoms with van der Waals surface area (Å²) in [5.74, 6) is 0. The fourth-order valence-electron chi connectivity index (χ4n) is 4.61. The normalized spacial score (nSPS) is 32.2. The Morgan fingerprint density at radius 3 is 1.38 bits per heavy atom. The predicted octanol–water partition coefficient (Wildman–Crippen LogP) is 5.59. The summed E-state index contributed by atoms with van der Waals surface area (Å²) >= 11 is 0. The van der Waals surface area contributed by atoms with E-state index in [1.807, 2.05) is 0 Å². The van der Waals surface area contributed by atoms with Gasteiger partial charge in [0.05, 0.1) is 0 Å². The number of hydrogen-bond acceptors (Lipinski definition) is 0. The zero-order valence-corrected chi connectivity index (χ0v) is 12.6. The third kappa shape index (κ3) is 1.22. The molecule has 0 saturated carbocycles. The third-order valence-corrected chi connectivity index (χ3v) is 6.60. The number of hydrogen-bond donors (Lipinski definition) is 0. The van der Waals surface area contributed by atoms with Crippen LogP contribution in [0.1, 0.15) is 74.7 Å². The predicted molar refractivity (Wildman–Crippen MR) is 73.6 cm³/mol. The Kier molecular flexibility index (Phi) is 3.36. The van der Waals surface area contributed by atoms with E-state index in [-0.39, 0.29) is 0 Å². The van der Waals surface area contributed by atoms with Gasteiger partial charge in [-0.15, -0.1) is 0 Å². The molecule has 1 aliphatic rings. The number of allylic oxidation sites excluding steroid dienone is 2. The first kappa shape index (κ1) is 13.8. The average molecular weight is 222 g/mol. The SMILES string of the molecule is CCC1(C)C(C)=C(C)C(CC)(CC)C1(C)C. The molecule has 0 bridgehead atoms. The van der Waals surface area contributed by atoms with Gasteiger partial charge in [0.2, 0.25) is 0 Å². The maximum Gasteiger partial charge on any atom is -0.00339 e. The lowest BCUT2D eigenvalue weighted by molar-refractivity contribution is 0.0144. The highest BCUT2D eigenvalue weighted by atomic mass is 14.6. The largest absolute Gasteiger partial charge is 0.0673 e. The first-order valence-electron chi connectivity index (χ1n) is 6.93. The maximum atomic E-state index is 2.49. The minimum absolute atomic E-state index is 0.378. The average Bonchev–Trinajstić information content (AvgIpc) is 2.37. The van der Waals surface area contributed by atoms with Crippen molar-refractivity contribution in [2.45, 2.75) is 74.7 Å². The molecule has 1 atom stereocenters. The summed E-state index contributed by atoms with van der Waals surface area (Å²) in [6.07, 6.45) is 3.80. The van der Waals surface area contributed by atoms with Crippen LogP contribution < -0.4 is 0 Å². The highest BCUT2D eigenvalue weighted by Gasteiger charge is 2.59. The van der Waals surface area contributed by atoms with Crippen molar-refractivity contribution in [2.24, 2.45) is 16.2 Å². The van der Waals surface area contributed by atoms with E-state index < -0.39 is 0 Å². The van der Waals surface area contributed by atoms with Crippen LogP contribution in [0.15, 0.2) is 11.1 Å². The fraction of sp³-hybridized carbons (Fsp3) is 0.875. The second-order valence-electron chi connectivity index (χ2n) is 6.35. The molecule has 0 aromatic rings. The molecule has 0 N–H and O–H groups in total. The van der Waals surface area contributed by atoms with E-state index in [1.54, 1.807) is 11.1 Å². The molecular formula is C16H30. The molecule has 0 aromatic heterocycles. The highest BCUT2D eigenvalue weighted by Crippen LogP contribution is 2.68. The van der Waals surface area contributed by atoms with Crippen LogP contribution in [-0.2, 0) is 0 Å². The molecule has 1 unspecified atom stereocenters. The third-order valence-electron chi connectivity index (χ3n) is 6.60. The zero-order valence-electron chi connectivity index (χ0n) is 12.6. The van der Waals surface area contributed by atoms with Gasteiger partial charge in [0, 0.05) is 0 Å². The zero-order chi connectivity index (χ0) is 12.8. The lowest BCUT2D eigenvalue weighted by Gasteiger charge is -2.50. The summed E-state index contributed by atoms with van der Waals surface area (Å²) in [6, 6.07) is 0. The molecule has 16 heavy (non-hydrogen) atoms. The van der Waals surface area contributed by atoms with Gasteiger partial charge in [-0.2, -0.15) is 0 Å². The summed E-state index contributed by atoms with van der Waals surface area (Å²) in [4.78, 5) is 0. The van der Waals surface area contributed by atoms with Crippen molar-refractivity contribution in [3.63, 3.8) is 0 Å². The Balaban J connectivity index is 3.47. The van der Waals surface area contributed by atoms with Crippen LogP contribution in [0, 0.1) is 16.2 Å². The van der Waals surface area contributed by atoms with Crippen LogP contribution >= 0.6 is 0 Å². The van der Waals surface area contributed by atoms with Gasteiger partial charge in [0.15, 0.2) is 0 Å². The van der Waals surface area contributed by atoms with Gasteiger partial charge in [-0.25, -0.2) is 0 Å². The Labute approximate surface area is 103 Å². The van der Waals surface area contributed by atoms with Gasteiger partial charge >= 0.3 is 0 Å². The monoisotopic (exact) mass is 222 g/mol.